The van der Waals surface area contributed by atoms with Crippen molar-refractivity contribution in [2.75, 3.05) is 7.11 Å². The van der Waals surface area contributed by atoms with Crippen LogP contribution in [-0.2, 0) is 4.74 Å². The minimum absolute atomic E-state index is 0.00597. The number of aromatic nitrogens is 2. The standard InChI is InChI=1S/C14H8N2O6/c1-5(17)12-9(14(20)21-2)8-10(18)6-3-15-16-4-7(6)11(19)13(8)22-12/h3-4H,1-2H3. The fourth-order valence-corrected chi connectivity index (χ4v) is 2.29. The van der Waals surface area contributed by atoms with Gasteiger partial charge in [0.2, 0.25) is 5.78 Å². The number of hydrogen-bond acceptors (Lipinski definition) is 8. The first kappa shape index (κ1) is 13.8. The van der Waals surface area contributed by atoms with Gasteiger partial charge in [0.1, 0.15) is 5.56 Å². The average molecular weight is 300 g/mol. The summed E-state index contributed by atoms with van der Waals surface area (Å²) in [6, 6.07) is 0. The maximum atomic E-state index is 12.5. The van der Waals surface area contributed by atoms with Crippen molar-refractivity contribution in [3.63, 3.8) is 0 Å². The number of fused-ring (bicyclic) bond motifs is 2. The lowest BCUT2D eigenvalue weighted by Gasteiger charge is -2.11. The molecule has 0 unspecified atom stereocenters. The summed E-state index contributed by atoms with van der Waals surface area (Å²) in [5.74, 6) is -3.56. The molecule has 0 saturated carbocycles. The first-order valence-electron chi connectivity index (χ1n) is 6.13. The van der Waals surface area contributed by atoms with E-state index in [-0.39, 0.29) is 33.8 Å². The summed E-state index contributed by atoms with van der Waals surface area (Å²) in [6.45, 7) is 1.15. The molecule has 2 aromatic rings. The van der Waals surface area contributed by atoms with Crippen LogP contribution in [0.4, 0.5) is 0 Å². The summed E-state index contributed by atoms with van der Waals surface area (Å²) < 4.78 is 9.77. The predicted octanol–water partition coefficient (Wildman–Crippen LogP) is 0.834. The minimum Gasteiger partial charge on any atom is -0.465 e. The third-order valence-corrected chi connectivity index (χ3v) is 3.27. The van der Waals surface area contributed by atoms with Gasteiger partial charge in [-0.2, -0.15) is 10.2 Å². The van der Waals surface area contributed by atoms with Gasteiger partial charge >= 0.3 is 5.97 Å². The molecule has 0 aromatic carbocycles. The van der Waals surface area contributed by atoms with Gasteiger partial charge in [0.25, 0.3) is 0 Å². The summed E-state index contributed by atoms with van der Waals surface area (Å²) in [5.41, 5.74) is -0.616. The second-order valence-corrected chi connectivity index (χ2v) is 4.53. The Hall–Kier alpha value is -3.16. The number of carbonyl (C=O) groups is 4. The molecule has 8 heteroatoms. The number of ketones is 3. The predicted molar refractivity (Wildman–Crippen MR) is 68.9 cm³/mol. The Morgan fingerprint density at radius 2 is 1.68 bits per heavy atom. The molecule has 110 valence electrons. The second-order valence-electron chi connectivity index (χ2n) is 4.53. The van der Waals surface area contributed by atoms with Gasteiger partial charge < -0.3 is 9.15 Å². The van der Waals surface area contributed by atoms with Gasteiger partial charge in [0.05, 0.1) is 36.2 Å². The fourth-order valence-electron chi connectivity index (χ4n) is 2.29. The van der Waals surface area contributed by atoms with Crippen molar-refractivity contribution in [3.05, 3.63) is 46.2 Å². The Morgan fingerprint density at radius 1 is 1.09 bits per heavy atom. The molecule has 0 radical (unpaired) electrons. The summed E-state index contributed by atoms with van der Waals surface area (Å²) in [5, 5.41) is 7.10. The van der Waals surface area contributed by atoms with Crippen molar-refractivity contribution in [1.82, 2.24) is 10.2 Å². The second kappa shape index (κ2) is 4.69. The van der Waals surface area contributed by atoms with Gasteiger partial charge in [-0.25, -0.2) is 4.79 Å². The molecule has 0 aliphatic heterocycles. The number of hydrogen-bond donors (Lipinski definition) is 0. The first-order valence-corrected chi connectivity index (χ1v) is 6.13. The van der Waals surface area contributed by atoms with E-state index < -0.39 is 23.3 Å². The van der Waals surface area contributed by atoms with Crippen molar-refractivity contribution < 1.29 is 28.3 Å². The summed E-state index contributed by atoms with van der Waals surface area (Å²) in [4.78, 5) is 48.5. The van der Waals surface area contributed by atoms with Gasteiger partial charge in [-0.05, 0) is 0 Å². The van der Waals surface area contributed by atoms with E-state index in [1.165, 1.54) is 0 Å². The maximum absolute atomic E-state index is 12.5. The third-order valence-electron chi connectivity index (χ3n) is 3.27. The van der Waals surface area contributed by atoms with Crippen LogP contribution in [-0.4, -0.2) is 40.6 Å². The lowest BCUT2D eigenvalue weighted by molar-refractivity contribution is 0.0592. The number of furan rings is 1. The van der Waals surface area contributed by atoms with E-state index in [2.05, 4.69) is 14.9 Å². The van der Waals surface area contributed by atoms with Crippen LogP contribution >= 0.6 is 0 Å². The minimum atomic E-state index is -0.929. The zero-order valence-electron chi connectivity index (χ0n) is 11.5. The van der Waals surface area contributed by atoms with Gasteiger partial charge in [0, 0.05) is 6.92 Å². The summed E-state index contributed by atoms with van der Waals surface area (Å²) in [7, 11) is 1.10. The van der Waals surface area contributed by atoms with E-state index >= 15 is 0 Å². The molecule has 0 fully saturated rings. The van der Waals surface area contributed by atoms with Crippen LogP contribution in [0.15, 0.2) is 16.8 Å². The van der Waals surface area contributed by atoms with Gasteiger partial charge in [0.15, 0.2) is 23.1 Å². The highest BCUT2D eigenvalue weighted by Gasteiger charge is 2.41. The fraction of sp³-hybridized carbons (Fsp3) is 0.143. The maximum Gasteiger partial charge on any atom is 0.342 e. The molecule has 8 nitrogen and oxygen atoms in total. The van der Waals surface area contributed by atoms with Gasteiger partial charge in [-0.15, -0.1) is 0 Å². The Balaban J connectivity index is 2.36. The zero-order valence-corrected chi connectivity index (χ0v) is 11.5. The van der Waals surface area contributed by atoms with E-state index in [4.69, 9.17) is 4.42 Å². The molecule has 1 aliphatic carbocycles. The van der Waals surface area contributed by atoms with Crippen LogP contribution in [0.3, 0.4) is 0 Å². The SMILES string of the molecule is COC(=O)c1c(C(C)=O)oc2c1C(=O)c1cnncc1C2=O. The van der Waals surface area contributed by atoms with Crippen molar-refractivity contribution in [2.24, 2.45) is 0 Å². The molecule has 3 rings (SSSR count). The summed E-state index contributed by atoms with van der Waals surface area (Å²) >= 11 is 0. The number of nitrogens with zero attached hydrogens (tertiary/aromatic N) is 2. The van der Waals surface area contributed by atoms with E-state index in [1.54, 1.807) is 0 Å². The highest BCUT2D eigenvalue weighted by atomic mass is 16.5. The smallest absolute Gasteiger partial charge is 0.342 e. The van der Waals surface area contributed by atoms with Crippen LogP contribution in [0.1, 0.15) is 59.9 Å². The molecule has 1 aliphatic rings. The Labute approximate surface area is 123 Å². The van der Waals surface area contributed by atoms with Crippen LogP contribution in [0.25, 0.3) is 0 Å². The van der Waals surface area contributed by atoms with Crippen LogP contribution < -0.4 is 0 Å². The number of esters is 1. The molecule has 0 atom stereocenters. The Kier molecular flexibility index (Phi) is 2.94. The topological polar surface area (TPSA) is 116 Å². The molecule has 0 saturated heterocycles. The number of carbonyl (C=O) groups excluding carboxylic acids is 4. The highest BCUT2D eigenvalue weighted by Crippen LogP contribution is 2.33. The van der Waals surface area contributed by atoms with Crippen LogP contribution in [0.5, 0.6) is 0 Å². The van der Waals surface area contributed by atoms with Crippen molar-refractivity contribution in [1.29, 1.82) is 0 Å². The molecule has 0 N–H and O–H groups in total. The quantitative estimate of drug-likeness (QED) is 0.504. The molecule has 2 heterocycles. The van der Waals surface area contributed by atoms with Crippen LogP contribution in [0.2, 0.25) is 0 Å². The molecule has 0 bridgehead atoms. The largest absolute Gasteiger partial charge is 0.465 e. The number of Topliss-reactive ketones (excluding diaryl/α,β-unsaturated/α-hetero) is 1. The van der Waals surface area contributed by atoms with E-state index in [0.29, 0.717) is 0 Å². The van der Waals surface area contributed by atoms with Crippen LogP contribution in [0, 0.1) is 0 Å². The highest BCUT2D eigenvalue weighted by molar-refractivity contribution is 6.30. The lowest BCUT2D eigenvalue weighted by atomic mass is 9.88. The molecule has 0 amide bonds. The number of methoxy groups -OCH3 is 1. The average Bonchev–Trinajstić information content (AvgIpc) is 2.93. The molecule has 0 spiro atoms. The Bertz CT molecular complexity index is 864. The molecule has 2 aromatic heterocycles. The number of ether oxygens (including phenoxy) is 1. The first-order chi connectivity index (χ1) is 10.5. The van der Waals surface area contributed by atoms with Gasteiger partial charge in [-0.3, -0.25) is 14.4 Å². The molecule has 22 heavy (non-hydrogen) atoms. The lowest BCUT2D eigenvalue weighted by Crippen LogP contribution is -2.22. The zero-order chi connectivity index (χ0) is 16.0. The van der Waals surface area contributed by atoms with Gasteiger partial charge in [-0.1, -0.05) is 0 Å². The normalized spacial score (nSPS) is 12.6. The van der Waals surface area contributed by atoms with Crippen molar-refractivity contribution >= 4 is 23.3 Å². The number of rotatable bonds is 2. The molecular formula is C14H8N2O6. The van der Waals surface area contributed by atoms with Crippen molar-refractivity contribution in [2.45, 2.75) is 6.92 Å². The molecular weight excluding hydrogens is 292 g/mol. The third kappa shape index (κ3) is 1.70. The van der Waals surface area contributed by atoms with E-state index in [9.17, 15) is 19.2 Å². The monoisotopic (exact) mass is 300 g/mol. The van der Waals surface area contributed by atoms with Crippen molar-refractivity contribution in [3.8, 4) is 0 Å². The van der Waals surface area contributed by atoms with E-state index in [1.807, 2.05) is 0 Å². The summed E-state index contributed by atoms with van der Waals surface area (Å²) in [6.07, 6.45) is 2.26. The van der Waals surface area contributed by atoms with E-state index in [0.717, 1.165) is 26.4 Å². The Morgan fingerprint density at radius 3 is 2.23 bits per heavy atom.